The van der Waals surface area contributed by atoms with Gasteiger partial charge < -0.3 is 5.32 Å². The van der Waals surface area contributed by atoms with Crippen molar-refractivity contribution in [1.82, 2.24) is 5.32 Å². The zero-order valence-corrected chi connectivity index (χ0v) is 19.2. The first kappa shape index (κ1) is 23.1. The predicted octanol–water partition coefficient (Wildman–Crippen LogP) is 7.19. The molecule has 2 aliphatic rings. The minimum absolute atomic E-state index is 0.0895. The Morgan fingerprint density at radius 1 is 0.967 bits per heavy atom. The number of nitrogens with one attached hydrogen (secondary N) is 1. The lowest BCUT2D eigenvalue weighted by Crippen LogP contribution is -2.25. The third-order valence-corrected chi connectivity index (χ3v) is 7.90. The van der Waals surface area contributed by atoms with Gasteiger partial charge in [-0.1, -0.05) is 76.3 Å². The Balaban J connectivity index is 1.37. The van der Waals surface area contributed by atoms with E-state index in [0.717, 1.165) is 30.1 Å². The SMILES string of the molecule is C=CC(=O)NCCc1ccc(C2CCC(C3CCC(CCCCC)CC3)CC2)cc1. The molecule has 166 valence electrons. The number of benzene rings is 1. The molecular weight excluding hydrogens is 366 g/mol. The first-order chi connectivity index (χ1) is 14.7. The van der Waals surface area contributed by atoms with Crippen LogP contribution >= 0.6 is 0 Å². The molecule has 1 aromatic carbocycles. The molecule has 0 unspecified atom stereocenters. The Morgan fingerprint density at radius 2 is 1.60 bits per heavy atom. The van der Waals surface area contributed by atoms with E-state index in [0.29, 0.717) is 6.54 Å². The van der Waals surface area contributed by atoms with Gasteiger partial charge in [0.25, 0.3) is 0 Å². The normalized spacial score (nSPS) is 26.8. The molecule has 2 heteroatoms. The fourth-order valence-electron chi connectivity index (χ4n) is 5.91. The van der Waals surface area contributed by atoms with Crippen LogP contribution < -0.4 is 5.32 Å². The van der Waals surface area contributed by atoms with Crippen molar-refractivity contribution in [3.05, 3.63) is 48.0 Å². The van der Waals surface area contributed by atoms with Gasteiger partial charge in [-0.2, -0.15) is 0 Å². The molecular formula is C28H43NO. The van der Waals surface area contributed by atoms with Crippen LogP contribution in [0.25, 0.3) is 0 Å². The quantitative estimate of drug-likeness (QED) is 0.321. The molecule has 2 nitrogen and oxygen atoms in total. The highest BCUT2D eigenvalue weighted by Gasteiger charge is 2.31. The Kier molecular flexibility index (Phi) is 9.49. The predicted molar refractivity (Wildman–Crippen MR) is 128 cm³/mol. The molecule has 0 heterocycles. The van der Waals surface area contributed by atoms with E-state index in [1.54, 1.807) is 0 Å². The van der Waals surface area contributed by atoms with Gasteiger partial charge in [-0.3, -0.25) is 4.79 Å². The zero-order valence-electron chi connectivity index (χ0n) is 19.2. The first-order valence-electron chi connectivity index (χ1n) is 12.7. The number of rotatable bonds is 10. The Hall–Kier alpha value is -1.57. The van der Waals surface area contributed by atoms with Crippen LogP contribution in [0.2, 0.25) is 0 Å². The lowest BCUT2D eigenvalue weighted by atomic mass is 9.68. The summed E-state index contributed by atoms with van der Waals surface area (Å²) >= 11 is 0. The molecule has 1 amide bonds. The second-order valence-corrected chi connectivity index (χ2v) is 9.88. The molecule has 0 radical (unpaired) electrons. The van der Waals surface area contributed by atoms with E-state index < -0.39 is 0 Å². The molecule has 0 spiro atoms. The molecule has 0 saturated heterocycles. The molecule has 2 aliphatic carbocycles. The van der Waals surface area contributed by atoms with Crippen molar-refractivity contribution in [1.29, 1.82) is 0 Å². The third kappa shape index (κ3) is 7.00. The molecule has 0 atom stereocenters. The van der Waals surface area contributed by atoms with Gasteiger partial charge in [0, 0.05) is 6.54 Å². The average Bonchev–Trinajstić information content (AvgIpc) is 2.80. The highest BCUT2D eigenvalue weighted by molar-refractivity contribution is 5.86. The van der Waals surface area contributed by atoms with Crippen LogP contribution in [0.15, 0.2) is 36.9 Å². The van der Waals surface area contributed by atoms with Crippen LogP contribution in [0, 0.1) is 17.8 Å². The smallest absolute Gasteiger partial charge is 0.243 e. The van der Waals surface area contributed by atoms with Crippen molar-refractivity contribution in [2.24, 2.45) is 17.8 Å². The van der Waals surface area contributed by atoms with Crippen LogP contribution in [0.5, 0.6) is 0 Å². The van der Waals surface area contributed by atoms with E-state index in [2.05, 4.69) is 43.1 Å². The number of unbranched alkanes of at least 4 members (excludes halogenated alkanes) is 2. The van der Waals surface area contributed by atoms with Crippen molar-refractivity contribution < 1.29 is 4.79 Å². The first-order valence-corrected chi connectivity index (χ1v) is 12.7. The second kappa shape index (κ2) is 12.3. The van der Waals surface area contributed by atoms with Crippen molar-refractivity contribution in [3.8, 4) is 0 Å². The molecule has 0 bridgehead atoms. The monoisotopic (exact) mass is 409 g/mol. The van der Waals surface area contributed by atoms with E-state index in [-0.39, 0.29) is 5.91 Å². The van der Waals surface area contributed by atoms with Crippen LogP contribution in [0.4, 0.5) is 0 Å². The maximum Gasteiger partial charge on any atom is 0.243 e. The summed E-state index contributed by atoms with van der Waals surface area (Å²) in [6.45, 7) is 6.48. The lowest BCUT2D eigenvalue weighted by Gasteiger charge is -2.38. The van der Waals surface area contributed by atoms with E-state index in [1.807, 2.05) is 0 Å². The van der Waals surface area contributed by atoms with E-state index in [1.165, 1.54) is 94.3 Å². The summed E-state index contributed by atoms with van der Waals surface area (Å²) in [4.78, 5) is 11.2. The summed E-state index contributed by atoms with van der Waals surface area (Å²) < 4.78 is 0. The largest absolute Gasteiger partial charge is 0.352 e. The molecule has 0 aliphatic heterocycles. The van der Waals surface area contributed by atoms with Gasteiger partial charge >= 0.3 is 0 Å². The number of amides is 1. The minimum atomic E-state index is -0.0895. The average molecular weight is 410 g/mol. The van der Waals surface area contributed by atoms with Gasteiger partial charge in [-0.15, -0.1) is 0 Å². The van der Waals surface area contributed by atoms with E-state index in [9.17, 15) is 4.79 Å². The van der Waals surface area contributed by atoms with Gasteiger partial charge in [0.15, 0.2) is 0 Å². The zero-order chi connectivity index (χ0) is 21.2. The topological polar surface area (TPSA) is 29.1 Å². The van der Waals surface area contributed by atoms with Crippen LogP contribution in [0.1, 0.15) is 101 Å². The Morgan fingerprint density at radius 3 is 2.20 bits per heavy atom. The summed E-state index contributed by atoms with van der Waals surface area (Å²) in [5, 5.41) is 2.85. The lowest BCUT2D eigenvalue weighted by molar-refractivity contribution is -0.116. The van der Waals surface area contributed by atoms with Crippen LogP contribution in [-0.2, 0) is 11.2 Å². The Labute approximate surface area is 184 Å². The third-order valence-electron chi connectivity index (χ3n) is 7.90. The Bertz CT molecular complexity index is 633. The minimum Gasteiger partial charge on any atom is -0.352 e. The number of carbonyl (C=O) groups excluding carboxylic acids is 1. The number of hydrogen-bond donors (Lipinski definition) is 1. The molecule has 1 aromatic rings. The summed E-state index contributed by atoms with van der Waals surface area (Å²) in [5.41, 5.74) is 2.82. The van der Waals surface area contributed by atoms with Crippen LogP contribution in [-0.4, -0.2) is 12.5 Å². The van der Waals surface area contributed by atoms with E-state index >= 15 is 0 Å². The fraction of sp³-hybridized carbons (Fsp3) is 0.679. The van der Waals surface area contributed by atoms with Gasteiger partial charge in [0.2, 0.25) is 5.91 Å². The summed E-state index contributed by atoms with van der Waals surface area (Å²) in [7, 11) is 0. The highest BCUT2D eigenvalue weighted by atomic mass is 16.1. The van der Waals surface area contributed by atoms with Crippen molar-refractivity contribution in [2.45, 2.75) is 96.3 Å². The van der Waals surface area contributed by atoms with Crippen molar-refractivity contribution in [3.63, 3.8) is 0 Å². The molecule has 2 saturated carbocycles. The summed E-state index contributed by atoms with van der Waals surface area (Å²) in [6, 6.07) is 9.16. The van der Waals surface area contributed by atoms with Gasteiger partial charge in [0.1, 0.15) is 0 Å². The summed E-state index contributed by atoms with van der Waals surface area (Å²) in [6.07, 6.45) is 19.6. The van der Waals surface area contributed by atoms with Crippen molar-refractivity contribution >= 4 is 5.91 Å². The maximum absolute atomic E-state index is 11.2. The van der Waals surface area contributed by atoms with Gasteiger partial charge in [-0.25, -0.2) is 0 Å². The summed E-state index contributed by atoms with van der Waals surface area (Å²) in [5.74, 6) is 3.70. The number of hydrogen-bond acceptors (Lipinski definition) is 1. The maximum atomic E-state index is 11.2. The van der Waals surface area contributed by atoms with Gasteiger partial charge in [-0.05, 0) is 85.8 Å². The number of carbonyl (C=O) groups is 1. The van der Waals surface area contributed by atoms with Crippen molar-refractivity contribution in [2.75, 3.05) is 6.54 Å². The highest BCUT2D eigenvalue weighted by Crippen LogP contribution is 2.44. The van der Waals surface area contributed by atoms with Crippen LogP contribution in [0.3, 0.4) is 0 Å². The molecule has 0 aromatic heterocycles. The fourth-order valence-corrected chi connectivity index (χ4v) is 5.91. The standard InChI is InChI=1S/C28H43NO/c1-3-5-6-7-22-8-12-24(13-9-22)26-16-18-27(19-17-26)25-14-10-23(11-15-25)20-21-29-28(30)4-2/h4,10-11,14-15,22,24,26-27H,2-3,5-9,12-13,16-21H2,1H3,(H,29,30). The second-order valence-electron chi connectivity index (χ2n) is 9.88. The molecule has 30 heavy (non-hydrogen) atoms. The molecule has 3 rings (SSSR count). The molecule has 2 fully saturated rings. The van der Waals surface area contributed by atoms with Gasteiger partial charge in [0.05, 0.1) is 0 Å². The molecule has 1 N–H and O–H groups in total. The van der Waals surface area contributed by atoms with E-state index in [4.69, 9.17) is 0 Å².